The Morgan fingerprint density at radius 2 is 2.00 bits per heavy atom. The molecule has 2 amide bonds. The normalized spacial score (nSPS) is 20.5. The second-order valence-electron chi connectivity index (χ2n) is 7.28. The van der Waals surface area contributed by atoms with Crippen molar-refractivity contribution in [2.75, 3.05) is 13.1 Å². The van der Waals surface area contributed by atoms with E-state index >= 15 is 0 Å². The third kappa shape index (κ3) is 3.56. The number of benzene rings is 1. The Bertz CT molecular complexity index is 871. The Morgan fingerprint density at radius 1 is 1.22 bits per heavy atom. The second kappa shape index (κ2) is 7.31. The molecule has 1 saturated heterocycles. The first-order valence-electron chi connectivity index (χ1n) is 9.30. The molecule has 0 N–H and O–H groups in total. The molecule has 1 fully saturated rings. The molecule has 0 radical (unpaired) electrons. The number of aromatic nitrogens is 1. The Kier molecular flexibility index (Phi) is 4.87. The fourth-order valence-corrected chi connectivity index (χ4v) is 4.18. The van der Waals surface area contributed by atoms with Crippen molar-refractivity contribution in [3.8, 4) is 0 Å². The van der Waals surface area contributed by atoms with Crippen molar-refractivity contribution in [3.05, 3.63) is 64.4 Å². The Morgan fingerprint density at radius 3 is 2.78 bits per heavy atom. The van der Waals surface area contributed by atoms with Gasteiger partial charge in [-0.3, -0.25) is 9.59 Å². The largest absolute Gasteiger partial charge is 0.338 e. The molecule has 0 spiro atoms. The van der Waals surface area contributed by atoms with Gasteiger partial charge in [-0.1, -0.05) is 48.0 Å². The molecular formula is C21H22ClN3O2. The second-order valence-corrected chi connectivity index (χ2v) is 7.67. The predicted molar refractivity (Wildman–Crippen MR) is 103 cm³/mol. The van der Waals surface area contributed by atoms with Crippen LogP contribution in [0.3, 0.4) is 0 Å². The number of hydrogen-bond acceptors (Lipinski definition) is 3. The highest BCUT2D eigenvalue weighted by atomic mass is 35.5. The summed E-state index contributed by atoms with van der Waals surface area (Å²) in [6.07, 6.45) is 0.991. The lowest BCUT2D eigenvalue weighted by Gasteiger charge is -2.30. The molecule has 2 unspecified atom stereocenters. The zero-order valence-electron chi connectivity index (χ0n) is 15.3. The number of nitrogens with zero attached hydrogens (tertiary/aromatic N) is 3. The van der Waals surface area contributed by atoms with Gasteiger partial charge in [0.25, 0.3) is 0 Å². The van der Waals surface area contributed by atoms with Gasteiger partial charge in [-0.25, -0.2) is 4.98 Å². The lowest BCUT2D eigenvalue weighted by molar-refractivity contribution is -0.136. The summed E-state index contributed by atoms with van der Waals surface area (Å²) in [7, 11) is 0. The minimum Gasteiger partial charge on any atom is -0.338 e. The molecule has 2 aliphatic heterocycles. The monoisotopic (exact) mass is 383 g/mol. The SMILES string of the molecule is CC(c1ccccc1)N1CC(C(=O)N2CCc3nc(Cl)ccc3C2)CC1=O. The van der Waals surface area contributed by atoms with Crippen LogP contribution < -0.4 is 0 Å². The lowest BCUT2D eigenvalue weighted by Crippen LogP contribution is -2.41. The van der Waals surface area contributed by atoms with E-state index in [-0.39, 0.29) is 30.2 Å². The van der Waals surface area contributed by atoms with Crippen LogP contribution in [0.2, 0.25) is 5.15 Å². The van der Waals surface area contributed by atoms with Crippen molar-refractivity contribution in [3.63, 3.8) is 0 Å². The molecule has 2 aromatic rings. The van der Waals surface area contributed by atoms with Gasteiger partial charge in [-0.2, -0.15) is 0 Å². The third-order valence-corrected chi connectivity index (χ3v) is 5.79. The molecule has 3 heterocycles. The fourth-order valence-electron chi connectivity index (χ4n) is 4.02. The van der Waals surface area contributed by atoms with Gasteiger partial charge in [0.1, 0.15) is 5.15 Å². The molecule has 0 aliphatic carbocycles. The van der Waals surface area contributed by atoms with Gasteiger partial charge in [0.05, 0.1) is 12.0 Å². The van der Waals surface area contributed by atoms with E-state index in [4.69, 9.17) is 11.6 Å². The number of carbonyl (C=O) groups excluding carboxylic acids is 2. The van der Waals surface area contributed by atoms with Crippen LogP contribution in [-0.4, -0.2) is 39.7 Å². The van der Waals surface area contributed by atoms with Gasteiger partial charge >= 0.3 is 0 Å². The molecule has 2 atom stereocenters. The van der Waals surface area contributed by atoms with Gasteiger partial charge in [-0.05, 0) is 24.1 Å². The van der Waals surface area contributed by atoms with Crippen LogP contribution in [-0.2, 0) is 22.6 Å². The predicted octanol–water partition coefficient (Wildman–Crippen LogP) is 3.23. The Balaban J connectivity index is 1.44. The summed E-state index contributed by atoms with van der Waals surface area (Å²) >= 11 is 5.96. The minimum atomic E-state index is -0.273. The zero-order chi connectivity index (χ0) is 19.0. The van der Waals surface area contributed by atoms with Crippen LogP contribution in [0, 0.1) is 5.92 Å². The topological polar surface area (TPSA) is 53.5 Å². The quantitative estimate of drug-likeness (QED) is 0.764. The fraction of sp³-hybridized carbons (Fsp3) is 0.381. The van der Waals surface area contributed by atoms with Crippen molar-refractivity contribution >= 4 is 23.4 Å². The summed E-state index contributed by atoms with van der Waals surface area (Å²) in [5.41, 5.74) is 3.10. The lowest BCUT2D eigenvalue weighted by atomic mass is 10.0. The molecule has 4 rings (SSSR count). The van der Waals surface area contributed by atoms with E-state index in [0.29, 0.717) is 31.2 Å². The molecular weight excluding hydrogens is 362 g/mol. The molecule has 0 saturated carbocycles. The number of pyridine rings is 1. The number of hydrogen-bond donors (Lipinski definition) is 0. The summed E-state index contributed by atoms with van der Waals surface area (Å²) in [4.78, 5) is 33.6. The average Bonchev–Trinajstić information content (AvgIpc) is 3.08. The van der Waals surface area contributed by atoms with E-state index in [1.54, 1.807) is 6.07 Å². The van der Waals surface area contributed by atoms with E-state index < -0.39 is 0 Å². The number of rotatable bonds is 3. The Hall–Kier alpha value is -2.40. The van der Waals surface area contributed by atoms with Crippen LogP contribution in [0.4, 0.5) is 0 Å². The van der Waals surface area contributed by atoms with Crippen molar-refractivity contribution in [1.82, 2.24) is 14.8 Å². The molecule has 2 aliphatic rings. The van der Waals surface area contributed by atoms with Crippen LogP contribution in [0.15, 0.2) is 42.5 Å². The smallest absolute Gasteiger partial charge is 0.228 e. The van der Waals surface area contributed by atoms with Gasteiger partial charge < -0.3 is 9.80 Å². The van der Waals surface area contributed by atoms with Crippen molar-refractivity contribution < 1.29 is 9.59 Å². The summed E-state index contributed by atoms with van der Waals surface area (Å²) < 4.78 is 0. The van der Waals surface area contributed by atoms with E-state index in [1.165, 1.54) is 0 Å². The first-order valence-corrected chi connectivity index (χ1v) is 9.68. The maximum absolute atomic E-state index is 13.0. The maximum Gasteiger partial charge on any atom is 0.228 e. The van der Waals surface area contributed by atoms with Gasteiger partial charge in [-0.15, -0.1) is 0 Å². The number of halogens is 1. The summed E-state index contributed by atoms with van der Waals surface area (Å²) in [5, 5.41) is 0.487. The average molecular weight is 384 g/mol. The van der Waals surface area contributed by atoms with E-state index in [9.17, 15) is 9.59 Å². The summed E-state index contributed by atoms with van der Waals surface area (Å²) in [6.45, 7) is 3.66. The molecule has 27 heavy (non-hydrogen) atoms. The number of carbonyl (C=O) groups is 2. The highest BCUT2D eigenvalue weighted by Crippen LogP contribution is 2.30. The van der Waals surface area contributed by atoms with Crippen molar-refractivity contribution in [2.24, 2.45) is 5.92 Å². The standard InChI is InChI=1S/C21H22ClN3O2/c1-14(15-5-3-2-4-6-15)25-13-17(11-20(25)26)21(27)24-10-9-18-16(12-24)7-8-19(22)23-18/h2-8,14,17H,9-13H2,1H3. The Labute approximate surface area is 163 Å². The van der Waals surface area contributed by atoms with Gasteiger partial charge in [0.15, 0.2) is 0 Å². The first kappa shape index (κ1) is 18.0. The number of fused-ring (bicyclic) bond motifs is 1. The summed E-state index contributed by atoms with van der Waals surface area (Å²) in [5.74, 6) is -0.159. The molecule has 1 aromatic heterocycles. The zero-order valence-corrected chi connectivity index (χ0v) is 16.0. The molecule has 1 aromatic carbocycles. The maximum atomic E-state index is 13.0. The summed E-state index contributed by atoms with van der Waals surface area (Å²) in [6, 6.07) is 13.6. The molecule has 5 nitrogen and oxygen atoms in total. The highest BCUT2D eigenvalue weighted by molar-refractivity contribution is 6.29. The molecule has 6 heteroatoms. The van der Waals surface area contributed by atoms with Crippen molar-refractivity contribution in [2.45, 2.75) is 32.4 Å². The van der Waals surface area contributed by atoms with Gasteiger partial charge in [0.2, 0.25) is 11.8 Å². The molecule has 0 bridgehead atoms. The van der Waals surface area contributed by atoms with Crippen LogP contribution in [0.25, 0.3) is 0 Å². The highest BCUT2D eigenvalue weighted by Gasteiger charge is 2.39. The van der Waals surface area contributed by atoms with E-state index in [2.05, 4.69) is 4.98 Å². The number of likely N-dealkylation sites (tertiary alicyclic amines) is 1. The van der Waals surface area contributed by atoms with Crippen LogP contribution >= 0.6 is 11.6 Å². The minimum absolute atomic E-state index is 0.0232. The van der Waals surface area contributed by atoms with Crippen LogP contribution in [0.5, 0.6) is 0 Å². The molecule has 140 valence electrons. The third-order valence-electron chi connectivity index (χ3n) is 5.58. The first-order chi connectivity index (χ1) is 13.0. The number of amides is 2. The van der Waals surface area contributed by atoms with E-state index in [1.807, 2.05) is 53.1 Å². The van der Waals surface area contributed by atoms with Crippen LogP contribution in [0.1, 0.15) is 36.2 Å². The van der Waals surface area contributed by atoms with Crippen molar-refractivity contribution in [1.29, 1.82) is 0 Å². The van der Waals surface area contributed by atoms with E-state index in [0.717, 1.165) is 16.8 Å². The van der Waals surface area contributed by atoms with Gasteiger partial charge in [0, 0.05) is 38.2 Å².